The van der Waals surface area contributed by atoms with E-state index < -0.39 is 4.92 Å². The molecule has 1 aromatic carbocycles. The molecule has 1 heterocycles. The molecule has 2 aromatic rings. The van der Waals surface area contributed by atoms with Crippen LogP contribution in [-0.4, -0.2) is 16.5 Å². The van der Waals surface area contributed by atoms with Gasteiger partial charge in [0.05, 0.1) is 11.5 Å². The second kappa shape index (κ2) is 5.87. The molecule has 0 aliphatic carbocycles. The number of hydrogen-bond donors (Lipinski definition) is 1. The number of benzene rings is 1. The minimum absolute atomic E-state index is 0.00189. The minimum atomic E-state index is -0.452. The van der Waals surface area contributed by atoms with Gasteiger partial charge in [-0.25, -0.2) is 0 Å². The van der Waals surface area contributed by atoms with Gasteiger partial charge in [0, 0.05) is 47.2 Å². The van der Waals surface area contributed by atoms with Crippen molar-refractivity contribution in [2.75, 3.05) is 12.4 Å². The van der Waals surface area contributed by atoms with E-state index in [2.05, 4.69) is 21.2 Å². The zero-order valence-electron chi connectivity index (χ0n) is 10.7. The quantitative estimate of drug-likeness (QED) is 0.687. The summed E-state index contributed by atoms with van der Waals surface area (Å²) in [6.07, 6.45) is 1.65. The number of hydrogen-bond acceptors (Lipinski definition) is 4. The SMILES string of the molecule is CNc1ccc([N+](=O)[O-])cc1Cn1cc(Br)ccc1=O. The molecule has 0 fully saturated rings. The average Bonchev–Trinajstić information content (AvgIpc) is 2.42. The first-order valence-corrected chi connectivity index (χ1v) is 6.61. The molecule has 0 radical (unpaired) electrons. The van der Waals surface area contributed by atoms with Gasteiger partial charge < -0.3 is 9.88 Å². The van der Waals surface area contributed by atoms with Gasteiger partial charge in [-0.3, -0.25) is 14.9 Å². The van der Waals surface area contributed by atoms with Crippen LogP contribution in [0.25, 0.3) is 0 Å². The van der Waals surface area contributed by atoms with Crippen LogP contribution >= 0.6 is 15.9 Å². The first kappa shape index (κ1) is 14.3. The molecule has 0 saturated carbocycles. The lowest BCUT2D eigenvalue weighted by Gasteiger charge is -2.11. The van der Waals surface area contributed by atoms with E-state index in [0.29, 0.717) is 5.56 Å². The molecule has 0 bridgehead atoms. The van der Waals surface area contributed by atoms with Gasteiger partial charge in [0.15, 0.2) is 0 Å². The summed E-state index contributed by atoms with van der Waals surface area (Å²) in [4.78, 5) is 22.2. The fraction of sp³-hybridized carbons (Fsp3) is 0.154. The highest BCUT2D eigenvalue weighted by atomic mass is 79.9. The van der Waals surface area contributed by atoms with E-state index >= 15 is 0 Å². The third-order valence-corrected chi connectivity index (χ3v) is 3.33. The van der Waals surface area contributed by atoms with Gasteiger partial charge in [0.2, 0.25) is 0 Å². The topological polar surface area (TPSA) is 77.2 Å². The summed E-state index contributed by atoms with van der Waals surface area (Å²) in [5, 5.41) is 13.8. The maximum Gasteiger partial charge on any atom is 0.269 e. The standard InChI is InChI=1S/C13H12BrN3O3/c1-15-12-4-3-11(17(19)20)6-9(12)7-16-8-10(14)2-5-13(16)18/h2-6,8,15H,7H2,1H3. The Balaban J connectivity index is 2.46. The van der Waals surface area contributed by atoms with Crippen LogP contribution in [0.15, 0.2) is 45.8 Å². The smallest absolute Gasteiger partial charge is 0.269 e. The molecule has 104 valence electrons. The van der Waals surface area contributed by atoms with E-state index in [1.807, 2.05) is 0 Å². The average molecular weight is 338 g/mol. The molecule has 0 aliphatic rings. The number of nitrogens with one attached hydrogen (secondary N) is 1. The third-order valence-electron chi connectivity index (χ3n) is 2.86. The normalized spacial score (nSPS) is 10.3. The number of nitrogens with zero attached hydrogens (tertiary/aromatic N) is 2. The number of pyridine rings is 1. The van der Waals surface area contributed by atoms with Crippen LogP contribution in [-0.2, 0) is 6.54 Å². The summed E-state index contributed by atoms with van der Waals surface area (Å²) in [5.74, 6) is 0. The molecule has 1 N–H and O–H groups in total. The van der Waals surface area contributed by atoms with Crippen LogP contribution < -0.4 is 10.9 Å². The highest BCUT2D eigenvalue weighted by molar-refractivity contribution is 9.10. The van der Waals surface area contributed by atoms with Crippen LogP contribution in [0, 0.1) is 10.1 Å². The van der Waals surface area contributed by atoms with Crippen molar-refractivity contribution < 1.29 is 4.92 Å². The Kier molecular flexibility index (Phi) is 4.19. The second-order valence-electron chi connectivity index (χ2n) is 4.16. The lowest BCUT2D eigenvalue weighted by Crippen LogP contribution is -2.19. The van der Waals surface area contributed by atoms with Crippen molar-refractivity contribution in [2.45, 2.75) is 6.54 Å². The van der Waals surface area contributed by atoms with E-state index in [4.69, 9.17) is 0 Å². The number of anilines is 1. The fourth-order valence-corrected chi connectivity index (χ4v) is 2.26. The van der Waals surface area contributed by atoms with Crippen molar-refractivity contribution in [1.29, 1.82) is 0 Å². The van der Waals surface area contributed by atoms with Gasteiger partial charge in [0.1, 0.15) is 0 Å². The Morgan fingerprint density at radius 1 is 1.35 bits per heavy atom. The zero-order valence-corrected chi connectivity index (χ0v) is 12.3. The summed E-state index contributed by atoms with van der Waals surface area (Å²) in [7, 11) is 1.73. The maximum absolute atomic E-state index is 11.8. The molecule has 2 rings (SSSR count). The Hall–Kier alpha value is -2.15. The third kappa shape index (κ3) is 3.05. The number of nitro groups is 1. The Morgan fingerprint density at radius 3 is 2.75 bits per heavy atom. The van der Waals surface area contributed by atoms with Gasteiger partial charge in [0.25, 0.3) is 11.2 Å². The molecule has 6 nitrogen and oxygen atoms in total. The van der Waals surface area contributed by atoms with Crippen LogP contribution in [0.3, 0.4) is 0 Å². The summed E-state index contributed by atoms with van der Waals surface area (Å²) >= 11 is 3.30. The summed E-state index contributed by atoms with van der Waals surface area (Å²) in [5.41, 5.74) is 1.27. The number of rotatable bonds is 4. The maximum atomic E-state index is 11.8. The van der Waals surface area contributed by atoms with Gasteiger partial charge >= 0.3 is 0 Å². The molecule has 0 saturated heterocycles. The van der Waals surface area contributed by atoms with Crippen LogP contribution in [0.5, 0.6) is 0 Å². The number of non-ortho nitro benzene ring substituents is 1. The Bertz CT molecular complexity index is 712. The summed E-state index contributed by atoms with van der Waals surface area (Å²) < 4.78 is 2.26. The van der Waals surface area contributed by atoms with Gasteiger partial charge in [-0.2, -0.15) is 0 Å². The minimum Gasteiger partial charge on any atom is -0.388 e. The molecule has 0 amide bonds. The fourth-order valence-electron chi connectivity index (χ4n) is 1.88. The number of aromatic nitrogens is 1. The molecule has 0 atom stereocenters. The van der Waals surface area contributed by atoms with E-state index in [0.717, 1.165) is 10.2 Å². The van der Waals surface area contributed by atoms with E-state index in [-0.39, 0.29) is 17.8 Å². The van der Waals surface area contributed by atoms with E-state index in [1.165, 1.54) is 22.8 Å². The molecule has 7 heteroatoms. The molecule has 1 aromatic heterocycles. The first-order valence-electron chi connectivity index (χ1n) is 5.82. The monoisotopic (exact) mass is 337 g/mol. The predicted molar refractivity (Wildman–Crippen MR) is 80.1 cm³/mol. The largest absolute Gasteiger partial charge is 0.388 e. The molecule has 0 unspecified atom stereocenters. The van der Waals surface area contributed by atoms with Crippen molar-refractivity contribution >= 4 is 27.3 Å². The van der Waals surface area contributed by atoms with Crippen molar-refractivity contribution in [3.8, 4) is 0 Å². The van der Waals surface area contributed by atoms with Crippen molar-refractivity contribution in [3.63, 3.8) is 0 Å². The van der Waals surface area contributed by atoms with E-state index in [9.17, 15) is 14.9 Å². The lowest BCUT2D eigenvalue weighted by molar-refractivity contribution is -0.384. The predicted octanol–water partition coefficient (Wildman–Crippen LogP) is 2.61. The van der Waals surface area contributed by atoms with Gasteiger partial charge in [-0.05, 0) is 28.1 Å². The van der Waals surface area contributed by atoms with Crippen molar-refractivity contribution in [2.24, 2.45) is 0 Å². The highest BCUT2D eigenvalue weighted by Gasteiger charge is 2.11. The van der Waals surface area contributed by atoms with E-state index in [1.54, 1.807) is 25.4 Å². The van der Waals surface area contributed by atoms with Crippen molar-refractivity contribution in [1.82, 2.24) is 4.57 Å². The van der Waals surface area contributed by atoms with Crippen molar-refractivity contribution in [3.05, 3.63) is 67.0 Å². The Morgan fingerprint density at radius 2 is 2.10 bits per heavy atom. The summed E-state index contributed by atoms with van der Waals surface area (Å²) in [6.45, 7) is 0.260. The molecule has 0 spiro atoms. The van der Waals surface area contributed by atoms with Gasteiger partial charge in [-0.1, -0.05) is 0 Å². The second-order valence-corrected chi connectivity index (χ2v) is 5.08. The van der Waals surface area contributed by atoms with Crippen LogP contribution in [0.2, 0.25) is 0 Å². The highest BCUT2D eigenvalue weighted by Crippen LogP contribution is 2.22. The first-order chi connectivity index (χ1) is 9.51. The Labute approximate surface area is 123 Å². The number of halogens is 1. The number of nitro benzene ring substituents is 1. The molecular formula is C13H12BrN3O3. The zero-order chi connectivity index (χ0) is 14.7. The molecule has 20 heavy (non-hydrogen) atoms. The summed E-state index contributed by atoms with van der Waals surface area (Å²) in [6, 6.07) is 7.64. The van der Waals surface area contributed by atoms with Crippen LogP contribution in [0.1, 0.15) is 5.56 Å². The van der Waals surface area contributed by atoms with Gasteiger partial charge in [-0.15, -0.1) is 0 Å². The lowest BCUT2D eigenvalue weighted by atomic mass is 10.1. The molecule has 0 aliphatic heterocycles. The molecular weight excluding hydrogens is 326 g/mol. The van der Waals surface area contributed by atoms with Crippen LogP contribution in [0.4, 0.5) is 11.4 Å².